The van der Waals surface area contributed by atoms with E-state index >= 15 is 0 Å². The van der Waals surface area contributed by atoms with E-state index in [2.05, 4.69) is 10.4 Å². The number of thiophene rings is 1. The predicted octanol–water partition coefficient (Wildman–Crippen LogP) is 4.53. The molecule has 1 aliphatic heterocycles. The third kappa shape index (κ3) is 4.00. The molecule has 0 unspecified atom stereocenters. The molecule has 0 radical (unpaired) electrons. The maximum Gasteiger partial charge on any atom is 0.256 e. The van der Waals surface area contributed by atoms with Gasteiger partial charge in [0.1, 0.15) is 0 Å². The molecular formula is C23H23N5O3S2. The minimum atomic E-state index is -3.30. The van der Waals surface area contributed by atoms with Gasteiger partial charge in [0.25, 0.3) is 5.91 Å². The van der Waals surface area contributed by atoms with Gasteiger partial charge in [-0.3, -0.25) is 9.10 Å². The SMILES string of the molecule is CC(C)n1ncc2c(C(=O)Nc3cccc(N4CCCS4(=O)=O)c3)cc(-c3cccs3)nc21. The zero-order valence-corrected chi connectivity index (χ0v) is 19.9. The van der Waals surface area contributed by atoms with Gasteiger partial charge in [0.05, 0.1) is 39.2 Å². The minimum Gasteiger partial charge on any atom is -0.322 e. The van der Waals surface area contributed by atoms with Gasteiger partial charge in [-0.1, -0.05) is 12.1 Å². The Bertz CT molecular complexity index is 1440. The van der Waals surface area contributed by atoms with Crippen LogP contribution >= 0.6 is 11.3 Å². The first-order chi connectivity index (χ1) is 15.8. The van der Waals surface area contributed by atoms with Crippen LogP contribution in [0.5, 0.6) is 0 Å². The van der Waals surface area contributed by atoms with Gasteiger partial charge in [-0.15, -0.1) is 11.3 Å². The normalized spacial score (nSPS) is 15.4. The third-order valence-electron chi connectivity index (χ3n) is 5.57. The first kappa shape index (κ1) is 21.6. The highest BCUT2D eigenvalue weighted by Gasteiger charge is 2.28. The molecule has 0 aliphatic carbocycles. The Morgan fingerprint density at radius 3 is 2.73 bits per heavy atom. The summed E-state index contributed by atoms with van der Waals surface area (Å²) < 4.78 is 27.8. The topological polar surface area (TPSA) is 97.2 Å². The summed E-state index contributed by atoms with van der Waals surface area (Å²) in [4.78, 5) is 19.1. The highest BCUT2D eigenvalue weighted by Crippen LogP contribution is 2.30. The molecule has 1 aromatic carbocycles. The molecule has 4 heterocycles. The molecule has 0 spiro atoms. The van der Waals surface area contributed by atoms with E-state index in [1.54, 1.807) is 47.9 Å². The standard InChI is InChI=1S/C23H23N5O3S2/c1-15(2)28-22-19(14-24-28)18(13-20(26-22)21-8-4-10-32-21)23(29)25-16-6-3-7-17(12-16)27-9-5-11-33(27,30)31/h3-4,6-8,10,12-15H,5,9,11H2,1-2H3,(H,25,29). The largest absolute Gasteiger partial charge is 0.322 e. The van der Waals surface area contributed by atoms with Gasteiger partial charge in [0.15, 0.2) is 5.65 Å². The fraction of sp³-hybridized carbons (Fsp3) is 0.261. The summed E-state index contributed by atoms with van der Waals surface area (Å²) in [6, 6.07) is 12.7. The molecule has 1 fully saturated rings. The molecule has 1 N–H and O–H groups in total. The number of anilines is 2. The zero-order chi connectivity index (χ0) is 23.2. The number of rotatable bonds is 5. The number of fused-ring (bicyclic) bond motifs is 1. The number of pyridine rings is 1. The van der Waals surface area contributed by atoms with Crippen molar-refractivity contribution in [1.82, 2.24) is 14.8 Å². The second-order valence-corrected chi connectivity index (χ2v) is 11.2. The first-order valence-electron chi connectivity index (χ1n) is 10.7. The molecule has 8 nitrogen and oxygen atoms in total. The van der Waals surface area contributed by atoms with Crippen LogP contribution in [0.1, 0.15) is 36.7 Å². The summed E-state index contributed by atoms with van der Waals surface area (Å²) in [5.41, 5.74) is 2.91. The highest BCUT2D eigenvalue weighted by atomic mass is 32.2. The average molecular weight is 482 g/mol. The van der Waals surface area contributed by atoms with Crippen LogP contribution in [0.25, 0.3) is 21.6 Å². The number of nitrogens with one attached hydrogen (secondary N) is 1. The molecular weight excluding hydrogens is 458 g/mol. The van der Waals surface area contributed by atoms with E-state index in [9.17, 15) is 13.2 Å². The summed E-state index contributed by atoms with van der Waals surface area (Å²) in [5, 5.41) is 10.0. The van der Waals surface area contributed by atoms with E-state index in [0.717, 1.165) is 4.88 Å². The summed E-state index contributed by atoms with van der Waals surface area (Å²) in [6.45, 7) is 4.48. The molecule has 1 aliphatic rings. The van der Waals surface area contributed by atoms with Crippen LogP contribution in [0, 0.1) is 0 Å². The lowest BCUT2D eigenvalue weighted by Gasteiger charge is -2.18. The van der Waals surface area contributed by atoms with Crippen LogP contribution in [0.2, 0.25) is 0 Å². The van der Waals surface area contributed by atoms with Crippen LogP contribution in [-0.2, 0) is 10.0 Å². The monoisotopic (exact) mass is 481 g/mol. The number of sulfonamides is 1. The number of amides is 1. The van der Waals surface area contributed by atoms with Gasteiger partial charge in [-0.05, 0) is 56.0 Å². The molecule has 1 amide bonds. The van der Waals surface area contributed by atoms with Crippen molar-refractivity contribution in [3.05, 3.63) is 59.6 Å². The highest BCUT2D eigenvalue weighted by molar-refractivity contribution is 7.93. The Balaban J connectivity index is 1.53. The fourth-order valence-electron chi connectivity index (χ4n) is 4.00. The van der Waals surface area contributed by atoms with E-state index in [4.69, 9.17) is 4.98 Å². The van der Waals surface area contributed by atoms with E-state index in [1.165, 1.54) is 4.31 Å². The maximum atomic E-state index is 13.4. The van der Waals surface area contributed by atoms with Crippen molar-refractivity contribution in [1.29, 1.82) is 0 Å². The van der Waals surface area contributed by atoms with Crippen LogP contribution in [-0.4, -0.2) is 41.4 Å². The summed E-state index contributed by atoms with van der Waals surface area (Å²) in [7, 11) is -3.30. The lowest BCUT2D eigenvalue weighted by atomic mass is 10.1. The van der Waals surface area contributed by atoms with Gasteiger partial charge < -0.3 is 5.32 Å². The summed E-state index contributed by atoms with van der Waals surface area (Å²) in [6.07, 6.45) is 2.27. The quantitative estimate of drug-likeness (QED) is 0.452. The van der Waals surface area contributed by atoms with Crippen molar-refractivity contribution in [2.24, 2.45) is 0 Å². The molecule has 0 atom stereocenters. The van der Waals surface area contributed by atoms with Crippen LogP contribution in [0.3, 0.4) is 0 Å². The molecule has 4 aromatic rings. The Morgan fingerprint density at radius 2 is 2.03 bits per heavy atom. The van der Waals surface area contributed by atoms with Crippen molar-refractivity contribution >= 4 is 49.7 Å². The molecule has 10 heteroatoms. The van der Waals surface area contributed by atoms with Crippen molar-refractivity contribution < 1.29 is 13.2 Å². The van der Waals surface area contributed by atoms with Gasteiger partial charge >= 0.3 is 0 Å². The summed E-state index contributed by atoms with van der Waals surface area (Å²) in [5.74, 6) is -0.158. The Morgan fingerprint density at radius 1 is 1.18 bits per heavy atom. The maximum absolute atomic E-state index is 13.4. The Kier molecular flexibility index (Phi) is 5.41. The lowest BCUT2D eigenvalue weighted by molar-refractivity contribution is 0.102. The molecule has 1 saturated heterocycles. The predicted molar refractivity (Wildman–Crippen MR) is 131 cm³/mol. The first-order valence-corrected chi connectivity index (χ1v) is 13.2. The smallest absolute Gasteiger partial charge is 0.256 e. The lowest BCUT2D eigenvalue weighted by Crippen LogP contribution is -2.25. The third-order valence-corrected chi connectivity index (χ3v) is 8.33. The molecule has 33 heavy (non-hydrogen) atoms. The van der Waals surface area contributed by atoms with Gasteiger partial charge in [0, 0.05) is 18.3 Å². The van der Waals surface area contributed by atoms with Crippen molar-refractivity contribution in [3.8, 4) is 10.6 Å². The number of aromatic nitrogens is 3. The number of carbonyl (C=O) groups is 1. The van der Waals surface area contributed by atoms with Crippen LogP contribution in [0.15, 0.2) is 54.0 Å². The second-order valence-electron chi connectivity index (χ2n) is 8.20. The van der Waals surface area contributed by atoms with Crippen LogP contribution in [0.4, 0.5) is 11.4 Å². The number of hydrogen-bond acceptors (Lipinski definition) is 6. The van der Waals surface area contributed by atoms with Crippen LogP contribution < -0.4 is 9.62 Å². The number of benzene rings is 1. The number of hydrogen-bond donors (Lipinski definition) is 1. The van der Waals surface area contributed by atoms with Crippen molar-refractivity contribution in [2.45, 2.75) is 26.3 Å². The van der Waals surface area contributed by atoms with Crippen molar-refractivity contribution in [3.63, 3.8) is 0 Å². The van der Waals surface area contributed by atoms with Gasteiger partial charge in [0.2, 0.25) is 10.0 Å². The number of nitrogens with zero attached hydrogens (tertiary/aromatic N) is 4. The van der Waals surface area contributed by atoms with E-state index in [-0.39, 0.29) is 17.7 Å². The van der Waals surface area contributed by atoms with E-state index in [0.29, 0.717) is 46.6 Å². The second kappa shape index (κ2) is 8.27. The zero-order valence-electron chi connectivity index (χ0n) is 18.2. The Labute approximate surface area is 195 Å². The average Bonchev–Trinajstić information content (AvgIpc) is 3.52. The minimum absolute atomic E-state index is 0.0867. The Hall–Kier alpha value is -3.24. The van der Waals surface area contributed by atoms with Gasteiger partial charge in [-0.25, -0.2) is 18.1 Å². The summed E-state index contributed by atoms with van der Waals surface area (Å²) >= 11 is 1.56. The molecule has 0 saturated carbocycles. The molecule has 5 rings (SSSR count). The molecule has 170 valence electrons. The van der Waals surface area contributed by atoms with Gasteiger partial charge in [-0.2, -0.15) is 5.10 Å². The molecule has 3 aromatic heterocycles. The van der Waals surface area contributed by atoms with E-state index < -0.39 is 10.0 Å². The van der Waals surface area contributed by atoms with E-state index in [1.807, 2.05) is 36.0 Å². The number of carbonyl (C=O) groups excluding carboxylic acids is 1. The van der Waals surface area contributed by atoms with Crippen molar-refractivity contribution in [2.75, 3.05) is 21.9 Å². The molecule has 0 bridgehead atoms. The fourth-order valence-corrected chi connectivity index (χ4v) is 6.24.